The molecule has 3 aromatic rings. The van der Waals surface area contributed by atoms with Crippen LogP contribution in [0.1, 0.15) is 10.5 Å². The van der Waals surface area contributed by atoms with E-state index in [0.29, 0.717) is 5.69 Å². The Morgan fingerprint density at radius 3 is 2.94 bits per heavy atom. The number of thiazole rings is 2. The van der Waals surface area contributed by atoms with Crippen molar-refractivity contribution in [2.24, 2.45) is 5.73 Å². The van der Waals surface area contributed by atoms with Crippen molar-refractivity contribution in [2.75, 3.05) is 0 Å². The molecule has 0 aliphatic carbocycles. The summed E-state index contributed by atoms with van der Waals surface area (Å²) in [4.78, 5) is 20.3. The lowest BCUT2D eigenvalue weighted by molar-refractivity contribution is 0.0995. The highest BCUT2D eigenvalue weighted by molar-refractivity contribution is 7.16. The summed E-state index contributed by atoms with van der Waals surface area (Å²) >= 11 is 2.98. The first-order valence-corrected chi connectivity index (χ1v) is 6.18. The van der Waals surface area contributed by atoms with Crippen LogP contribution in [0.2, 0.25) is 0 Å². The van der Waals surface area contributed by atoms with E-state index in [0.717, 1.165) is 15.7 Å². The van der Waals surface area contributed by atoms with Crippen LogP contribution >= 0.6 is 22.7 Å². The number of rotatable bonds is 2. The summed E-state index contributed by atoms with van der Waals surface area (Å²) in [5.41, 5.74) is 6.55. The zero-order valence-electron chi connectivity index (χ0n) is 7.95. The first-order valence-electron chi connectivity index (χ1n) is 4.42. The third-order valence-electron chi connectivity index (χ3n) is 2.15. The van der Waals surface area contributed by atoms with E-state index in [2.05, 4.69) is 9.97 Å². The van der Waals surface area contributed by atoms with Crippen molar-refractivity contribution >= 4 is 33.5 Å². The molecule has 2 N–H and O–H groups in total. The number of fused-ring (bicyclic) bond motifs is 1. The van der Waals surface area contributed by atoms with Crippen molar-refractivity contribution in [3.8, 4) is 10.7 Å². The molecule has 0 radical (unpaired) electrons. The van der Waals surface area contributed by atoms with Crippen LogP contribution in [0.5, 0.6) is 0 Å². The Kier molecular flexibility index (Phi) is 2.01. The predicted octanol–water partition coefficient (Wildman–Crippen LogP) is 1.62. The summed E-state index contributed by atoms with van der Waals surface area (Å²) < 4.78 is 1.74. The molecule has 0 aliphatic heterocycles. The van der Waals surface area contributed by atoms with E-state index in [1.54, 1.807) is 10.6 Å². The molecule has 80 valence electrons. The zero-order chi connectivity index (χ0) is 11.1. The lowest BCUT2D eigenvalue weighted by Crippen LogP contribution is -2.13. The van der Waals surface area contributed by atoms with E-state index in [4.69, 9.17) is 5.73 Å². The number of primary amides is 1. The summed E-state index contributed by atoms with van der Waals surface area (Å²) in [7, 11) is 0. The molecular weight excluding hydrogens is 244 g/mol. The summed E-state index contributed by atoms with van der Waals surface area (Å²) in [6.07, 6.45) is 3.22. The van der Waals surface area contributed by atoms with Gasteiger partial charge in [0.1, 0.15) is 10.7 Å². The van der Waals surface area contributed by atoms with Gasteiger partial charge >= 0.3 is 0 Å². The van der Waals surface area contributed by atoms with Crippen molar-refractivity contribution in [2.45, 2.75) is 0 Å². The molecule has 3 aromatic heterocycles. The van der Waals surface area contributed by atoms with Gasteiger partial charge in [0.25, 0.3) is 5.91 Å². The van der Waals surface area contributed by atoms with Crippen LogP contribution in [0.4, 0.5) is 0 Å². The fraction of sp³-hybridized carbons (Fsp3) is 0. The van der Waals surface area contributed by atoms with Crippen LogP contribution in [-0.4, -0.2) is 20.3 Å². The van der Waals surface area contributed by atoms with Crippen LogP contribution in [0, 0.1) is 0 Å². The molecule has 0 bridgehead atoms. The van der Waals surface area contributed by atoms with Gasteiger partial charge in [0.2, 0.25) is 0 Å². The van der Waals surface area contributed by atoms with Crippen molar-refractivity contribution in [1.29, 1.82) is 0 Å². The Labute approximate surface area is 98.2 Å². The fourth-order valence-corrected chi connectivity index (χ4v) is 3.05. The van der Waals surface area contributed by atoms with Gasteiger partial charge < -0.3 is 5.73 Å². The number of carbonyl (C=O) groups excluding carboxylic acids is 1. The minimum Gasteiger partial charge on any atom is -0.364 e. The van der Waals surface area contributed by atoms with Crippen LogP contribution in [0.25, 0.3) is 15.7 Å². The van der Waals surface area contributed by atoms with Crippen molar-refractivity contribution < 1.29 is 4.79 Å². The molecule has 0 unspecified atom stereocenters. The molecule has 0 fully saturated rings. The predicted molar refractivity (Wildman–Crippen MR) is 62.7 cm³/mol. The average molecular weight is 250 g/mol. The summed E-state index contributed by atoms with van der Waals surface area (Å²) in [5, 5.41) is 4.67. The van der Waals surface area contributed by atoms with E-state index >= 15 is 0 Å². The summed E-state index contributed by atoms with van der Waals surface area (Å²) in [6, 6.07) is 0. The second-order valence-corrected chi connectivity index (χ2v) is 4.81. The average Bonchev–Trinajstić information content (AvgIpc) is 2.93. The molecule has 1 amide bonds. The number of nitrogens with zero attached hydrogens (tertiary/aromatic N) is 3. The van der Waals surface area contributed by atoms with Crippen molar-refractivity contribution in [3.63, 3.8) is 0 Å². The Hall–Kier alpha value is -1.73. The number of aromatic nitrogens is 3. The molecular formula is C9H6N4OS2. The molecule has 0 atom stereocenters. The topological polar surface area (TPSA) is 73.3 Å². The first kappa shape index (κ1) is 9.49. The number of hydrogen-bond acceptors (Lipinski definition) is 5. The molecule has 0 aliphatic rings. The van der Waals surface area contributed by atoms with E-state index in [1.165, 1.54) is 28.9 Å². The largest absolute Gasteiger partial charge is 0.364 e. The van der Waals surface area contributed by atoms with Crippen molar-refractivity contribution in [3.05, 3.63) is 28.8 Å². The van der Waals surface area contributed by atoms with Gasteiger partial charge in [-0.15, -0.1) is 22.7 Å². The van der Waals surface area contributed by atoms with E-state index in [9.17, 15) is 4.79 Å². The van der Waals surface area contributed by atoms with Gasteiger partial charge in [0.15, 0.2) is 4.96 Å². The molecule has 0 saturated heterocycles. The monoisotopic (exact) mass is 250 g/mol. The van der Waals surface area contributed by atoms with Gasteiger partial charge in [-0.1, -0.05) is 0 Å². The minimum absolute atomic E-state index is 0.390. The quantitative estimate of drug-likeness (QED) is 0.751. The SMILES string of the molecule is NC(=O)c1cnc2scc(-c3nccs3)n12. The molecule has 3 heterocycles. The highest BCUT2D eigenvalue weighted by Gasteiger charge is 2.15. The number of imidazole rings is 1. The van der Waals surface area contributed by atoms with Gasteiger partial charge in [-0.25, -0.2) is 9.97 Å². The Bertz CT molecular complexity index is 652. The van der Waals surface area contributed by atoms with Gasteiger partial charge in [0.05, 0.1) is 11.9 Å². The Balaban J connectivity index is 2.33. The molecule has 5 nitrogen and oxygen atoms in total. The Morgan fingerprint density at radius 1 is 1.38 bits per heavy atom. The molecule has 0 aromatic carbocycles. The minimum atomic E-state index is -0.483. The van der Waals surface area contributed by atoms with E-state index < -0.39 is 5.91 Å². The molecule has 0 spiro atoms. The number of nitrogens with two attached hydrogens (primary N) is 1. The standard InChI is InChI=1S/C9H6N4OS2/c10-7(14)5-3-12-9-13(5)6(4-16-9)8-11-1-2-15-8/h1-4H,(H2,10,14). The normalized spacial score (nSPS) is 11.0. The summed E-state index contributed by atoms with van der Waals surface area (Å²) in [5.74, 6) is -0.483. The smallest absolute Gasteiger partial charge is 0.267 e. The van der Waals surface area contributed by atoms with Crippen LogP contribution in [0.3, 0.4) is 0 Å². The maximum Gasteiger partial charge on any atom is 0.267 e. The summed E-state index contributed by atoms with van der Waals surface area (Å²) in [6.45, 7) is 0. The number of carbonyl (C=O) groups is 1. The lowest BCUT2D eigenvalue weighted by atomic mass is 10.4. The van der Waals surface area contributed by atoms with Gasteiger partial charge in [-0.2, -0.15) is 0 Å². The number of amides is 1. The fourth-order valence-electron chi connectivity index (χ4n) is 1.48. The molecule has 16 heavy (non-hydrogen) atoms. The molecule has 7 heteroatoms. The lowest BCUT2D eigenvalue weighted by Gasteiger charge is -1.97. The van der Waals surface area contributed by atoms with Crippen LogP contribution < -0.4 is 5.73 Å². The maximum absolute atomic E-state index is 11.2. The van der Waals surface area contributed by atoms with Crippen LogP contribution in [-0.2, 0) is 0 Å². The van der Waals surface area contributed by atoms with E-state index in [1.807, 2.05) is 10.8 Å². The van der Waals surface area contributed by atoms with Gasteiger partial charge in [-0.3, -0.25) is 9.20 Å². The van der Waals surface area contributed by atoms with Crippen molar-refractivity contribution in [1.82, 2.24) is 14.4 Å². The van der Waals surface area contributed by atoms with Gasteiger partial charge in [-0.05, 0) is 0 Å². The molecule has 3 rings (SSSR count). The van der Waals surface area contributed by atoms with Gasteiger partial charge in [0, 0.05) is 17.0 Å². The highest BCUT2D eigenvalue weighted by Crippen LogP contribution is 2.28. The maximum atomic E-state index is 11.2. The van der Waals surface area contributed by atoms with Crippen LogP contribution in [0.15, 0.2) is 23.2 Å². The van der Waals surface area contributed by atoms with E-state index in [-0.39, 0.29) is 0 Å². The Morgan fingerprint density at radius 2 is 2.25 bits per heavy atom. The third kappa shape index (κ3) is 1.25. The third-order valence-corrected chi connectivity index (χ3v) is 3.79. The second-order valence-electron chi connectivity index (χ2n) is 3.08. The zero-order valence-corrected chi connectivity index (χ0v) is 9.59. The molecule has 0 saturated carbocycles. The highest BCUT2D eigenvalue weighted by atomic mass is 32.1. The number of hydrogen-bond donors (Lipinski definition) is 1. The first-order chi connectivity index (χ1) is 7.77. The second kappa shape index (κ2) is 3.39.